The molecule has 0 aromatic carbocycles. The van der Waals surface area contributed by atoms with Crippen molar-refractivity contribution in [1.82, 2.24) is 31.9 Å². The molecule has 614 valence electrons. The second-order valence-electron chi connectivity index (χ2n) is 26.7. The number of aliphatic hydroxyl groups excluding tert-OH is 14. The summed E-state index contributed by atoms with van der Waals surface area (Å²) in [6.45, 7) is 6.69. The highest BCUT2D eigenvalue weighted by Crippen LogP contribution is 2.34. The third kappa shape index (κ3) is 25.6. The Bertz CT molecular complexity index is 2800. The number of terminal acetylenes is 2. The molecule has 40 heteroatoms. The molecular formula is C67H114N8O32. The Kier molecular flexibility index (Phi) is 39.5. The van der Waals surface area contributed by atoms with E-state index >= 15 is 0 Å². The van der Waals surface area contributed by atoms with E-state index in [1.807, 2.05) is 13.8 Å². The molecule has 6 rings (SSSR count). The van der Waals surface area contributed by atoms with Crippen LogP contribution in [0, 0.1) is 24.7 Å². The zero-order chi connectivity index (χ0) is 79.5. The first-order valence-electron chi connectivity index (χ1n) is 36.0. The van der Waals surface area contributed by atoms with Crippen LogP contribution in [0.2, 0.25) is 0 Å². The standard InChI is InChI=1S/C34H58N4O17.C33H56N4O15/c1-5-8-9-21(41)37-23-28(45)25(42)18(13-39)53-33(23)55-30-19(14-40)54-32(51-15-20-26(43)27(44)22(35)16(4)52-20)24(29(30)46)38-31(47)17(7-3)36-34(48)50-12-11-49-10-6-2;1-5-8-10-20(40)35-16(7-3)31(47)37-24-29(46)30(18(13-39)51-32(24)48-14-19-26(43)27(44)22(34)15(4)49-19)52-33-23(36-21(41)11-9-6-2)28(45)25(42)17(12-38)50-33/h1,16-20,22-30,32-33,39-40,42-46H,6-15,35H2,2-4H3,(H,36,48)(H,37,41)(H,38,47);2,15-19,22-30,32-33,38-39,42-46H,5,7-14,34H2,1,3-4H3,(H,35,40)(H,36,41)(H,37,47)/t16-,17?,18?,19?,20?,22?,23?,24+,25+,26+,27+,28+,29?,30-,32?,33-;15-,16?,17?,18?,19?,22?,23?,24+,25+,26+,27+,28+,29?,30-,32?,33-/m00/s1. The minimum absolute atomic E-state index is 0.0414. The molecule has 16 unspecified atom stereocenters. The number of aliphatic hydroxyl groups is 14. The molecule has 24 N–H and O–H groups in total. The van der Waals surface area contributed by atoms with Gasteiger partial charge in [0.05, 0.1) is 70.5 Å². The van der Waals surface area contributed by atoms with Gasteiger partial charge in [-0.1, -0.05) is 34.1 Å². The van der Waals surface area contributed by atoms with E-state index in [0.29, 0.717) is 13.0 Å². The number of ether oxygens (including phenoxy) is 12. The van der Waals surface area contributed by atoms with E-state index in [4.69, 9.17) is 81.2 Å². The Morgan fingerprint density at radius 1 is 0.439 bits per heavy atom. The van der Waals surface area contributed by atoms with Crippen molar-refractivity contribution in [3.05, 3.63) is 0 Å². The predicted molar refractivity (Wildman–Crippen MR) is 365 cm³/mol. The lowest BCUT2D eigenvalue weighted by molar-refractivity contribution is -0.335. The lowest BCUT2D eigenvalue weighted by atomic mass is 9.93. The maximum absolute atomic E-state index is 13.6. The van der Waals surface area contributed by atoms with Gasteiger partial charge in [-0.2, -0.15) is 0 Å². The molecule has 6 fully saturated rings. The van der Waals surface area contributed by atoms with Crippen LogP contribution in [0.25, 0.3) is 0 Å². The smallest absolute Gasteiger partial charge is 0.407 e. The SMILES string of the molecule is C#CCCC(=O)NC1[C@H](O[C@H]2C(CO)OC(OCC3O[C@@H](C)C(N)[C@@H](O)[C@@H]3O)[C@H](NC(=O)C(CC)NC(=O)CCCC)C2O)OC(CO)[C@@H](O)[C@@H]1O.C#CCCC(=O)NC1[C@H](O[C@H]2C(CO)OC(OCC3O[C@@H](C)C(N)[C@@H](O)[C@@H]3O)[C@H](NC(=O)C(CC)NC(=O)OCCOCCC)C2O)OC(CO)[C@@H](O)[C@@H]1O. The third-order valence-corrected chi connectivity index (χ3v) is 18.9. The largest absolute Gasteiger partial charge is 0.447 e. The Morgan fingerprint density at radius 2 is 0.822 bits per heavy atom. The van der Waals surface area contributed by atoms with Gasteiger partial charge in [0, 0.05) is 38.7 Å². The van der Waals surface area contributed by atoms with Gasteiger partial charge < -0.3 is 172 Å². The molecule has 6 amide bonds. The fourth-order valence-electron chi connectivity index (χ4n) is 12.4. The summed E-state index contributed by atoms with van der Waals surface area (Å²) in [7, 11) is 0. The van der Waals surface area contributed by atoms with Crippen LogP contribution in [-0.2, 0) is 80.8 Å². The number of nitrogens with one attached hydrogen (secondary N) is 6. The summed E-state index contributed by atoms with van der Waals surface area (Å²) in [6.07, 6.45) is -23.3. The molecule has 40 nitrogen and oxygen atoms in total. The van der Waals surface area contributed by atoms with Crippen LogP contribution >= 0.6 is 0 Å². The highest BCUT2D eigenvalue weighted by molar-refractivity contribution is 5.88. The number of carbonyl (C=O) groups excluding carboxylic acids is 6. The molecule has 0 bridgehead atoms. The van der Waals surface area contributed by atoms with E-state index in [9.17, 15) is 100 Å². The molecule has 32 atom stereocenters. The Hall–Kier alpha value is -5.34. The summed E-state index contributed by atoms with van der Waals surface area (Å²) in [5, 5.41) is 164. The van der Waals surface area contributed by atoms with E-state index in [1.54, 1.807) is 27.7 Å². The quantitative estimate of drug-likeness (QED) is 0.0205. The summed E-state index contributed by atoms with van der Waals surface area (Å²) in [5.41, 5.74) is 11.8. The molecule has 0 aromatic heterocycles. The molecule has 0 aliphatic carbocycles. The number of carbonyl (C=O) groups is 6. The number of rotatable bonds is 36. The zero-order valence-corrected chi connectivity index (χ0v) is 60.8. The molecular weight excluding hydrogens is 1430 g/mol. The van der Waals surface area contributed by atoms with Gasteiger partial charge in [0.1, 0.15) is 153 Å². The van der Waals surface area contributed by atoms with E-state index in [1.165, 1.54) is 0 Å². The van der Waals surface area contributed by atoms with Crippen molar-refractivity contribution in [1.29, 1.82) is 0 Å². The van der Waals surface area contributed by atoms with Crippen LogP contribution < -0.4 is 43.4 Å². The van der Waals surface area contributed by atoms with E-state index < -0.39 is 265 Å². The van der Waals surface area contributed by atoms with Crippen LogP contribution in [0.3, 0.4) is 0 Å². The van der Waals surface area contributed by atoms with Gasteiger partial charge in [-0.05, 0) is 39.5 Å². The fourth-order valence-corrected chi connectivity index (χ4v) is 12.4. The summed E-state index contributed by atoms with van der Waals surface area (Å²) >= 11 is 0. The van der Waals surface area contributed by atoms with Gasteiger partial charge in [-0.3, -0.25) is 24.0 Å². The Morgan fingerprint density at radius 3 is 1.20 bits per heavy atom. The lowest BCUT2D eigenvalue weighted by Crippen LogP contribution is -2.70. The van der Waals surface area contributed by atoms with Crippen molar-refractivity contribution >= 4 is 35.6 Å². The molecule has 6 saturated heterocycles. The van der Waals surface area contributed by atoms with Gasteiger partial charge >= 0.3 is 6.09 Å². The summed E-state index contributed by atoms with van der Waals surface area (Å²) in [4.78, 5) is 77.4. The van der Waals surface area contributed by atoms with Gasteiger partial charge in [-0.15, -0.1) is 24.7 Å². The zero-order valence-electron chi connectivity index (χ0n) is 60.8. The van der Waals surface area contributed by atoms with Crippen molar-refractivity contribution in [3.8, 4) is 24.7 Å². The minimum Gasteiger partial charge on any atom is -0.447 e. The Labute approximate surface area is 619 Å². The average Bonchev–Trinajstić information content (AvgIpc) is 0.773. The maximum Gasteiger partial charge on any atom is 0.407 e. The number of hydrogen-bond acceptors (Lipinski definition) is 34. The molecule has 0 saturated carbocycles. The number of amides is 6. The number of alkyl carbamates (subject to hydrolysis) is 1. The third-order valence-electron chi connectivity index (χ3n) is 18.9. The molecule has 0 aromatic rings. The monoisotopic (exact) mass is 1540 g/mol. The predicted octanol–water partition coefficient (Wildman–Crippen LogP) is -9.73. The topological polar surface area (TPSA) is 621 Å². The average molecular weight is 1540 g/mol. The first kappa shape index (κ1) is 92.3. The summed E-state index contributed by atoms with van der Waals surface area (Å²) in [5.74, 6) is 1.40. The Balaban J connectivity index is 0.000000384. The fraction of sp³-hybridized carbons (Fsp3) is 0.851. The second-order valence-corrected chi connectivity index (χ2v) is 26.7. The molecule has 6 aliphatic heterocycles. The summed E-state index contributed by atoms with van der Waals surface area (Å²) in [6, 6.07) is -10.1. The maximum atomic E-state index is 13.6. The van der Waals surface area contributed by atoms with Gasteiger partial charge in [0.15, 0.2) is 25.2 Å². The molecule has 107 heavy (non-hydrogen) atoms. The van der Waals surface area contributed by atoms with Crippen LogP contribution in [-0.4, -0.2) is 362 Å². The second kappa shape index (κ2) is 45.9. The van der Waals surface area contributed by atoms with Crippen molar-refractivity contribution in [2.45, 2.75) is 301 Å². The van der Waals surface area contributed by atoms with Crippen molar-refractivity contribution in [2.24, 2.45) is 11.5 Å². The van der Waals surface area contributed by atoms with Crippen LogP contribution in [0.5, 0.6) is 0 Å². The van der Waals surface area contributed by atoms with Crippen LogP contribution in [0.1, 0.15) is 106 Å². The van der Waals surface area contributed by atoms with Crippen molar-refractivity contribution < 1.29 is 157 Å². The van der Waals surface area contributed by atoms with E-state index in [-0.39, 0.29) is 64.1 Å². The molecule has 0 spiro atoms. The van der Waals surface area contributed by atoms with Crippen molar-refractivity contribution in [3.63, 3.8) is 0 Å². The normalized spacial score (nSPS) is 37.7. The number of nitrogens with two attached hydrogens (primary N) is 2. The highest BCUT2D eigenvalue weighted by Gasteiger charge is 2.56. The number of hydrogen-bond donors (Lipinski definition) is 22. The van der Waals surface area contributed by atoms with Crippen LogP contribution in [0.15, 0.2) is 0 Å². The first-order chi connectivity index (χ1) is 50.9. The van der Waals surface area contributed by atoms with Gasteiger partial charge in [-0.25, -0.2) is 4.79 Å². The molecule has 6 heterocycles. The van der Waals surface area contributed by atoms with Crippen LogP contribution in [0.4, 0.5) is 4.79 Å². The van der Waals surface area contributed by atoms with E-state index in [0.717, 1.165) is 12.8 Å². The lowest BCUT2D eigenvalue weighted by Gasteiger charge is -2.48. The highest BCUT2D eigenvalue weighted by atomic mass is 16.7. The number of unbranched alkanes of at least 4 members (excludes halogenated alkanes) is 1. The van der Waals surface area contributed by atoms with Gasteiger partial charge in [0.25, 0.3) is 0 Å². The minimum atomic E-state index is -1.84. The molecule has 6 aliphatic rings. The van der Waals surface area contributed by atoms with Crippen molar-refractivity contribution in [2.75, 3.05) is 59.5 Å². The first-order valence-corrected chi connectivity index (χ1v) is 36.0. The van der Waals surface area contributed by atoms with Gasteiger partial charge in [0.2, 0.25) is 29.5 Å². The summed E-state index contributed by atoms with van der Waals surface area (Å²) < 4.78 is 69.0. The van der Waals surface area contributed by atoms with E-state index in [2.05, 4.69) is 43.7 Å². The molecule has 0 radical (unpaired) electrons.